The number of carbonyl (C=O) groups excluding carboxylic acids is 3. The molecule has 0 radical (unpaired) electrons. The minimum Gasteiger partial charge on any atom is -0.467 e. The molecule has 1 unspecified atom stereocenters. The van der Waals surface area contributed by atoms with Gasteiger partial charge in [-0.3, -0.25) is 9.59 Å². The van der Waals surface area contributed by atoms with Crippen molar-refractivity contribution in [3.05, 3.63) is 71.5 Å². The molecule has 1 amide bonds. The minimum absolute atomic E-state index is 0.0581. The average Bonchev–Trinajstić information content (AvgIpc) is 3.32. The molecule has 2 heterocycles. The van der Waals surface area contributed by atoms with E-state index in [2.05, 4.69) is 67.1 Å². The summed E-state index contributed by atoms with van der Waals surface area (Å²) in [6.07, 6.45) is 1.14. The maximum atomic E-state index is 13.3. The van der Waals surface area contributed by atoms with Crippen molar-refractivity contribution in [1.82, 2.24) is 9.88 Å². The first-order valence-electron chi connectivity index (χ1n) is 12.5. The Morgan fingerprint density at radius 2 is 1.68 bits per heavy atom. The molecule has 0 fully saturated rings. The Labute approximate surface area is 222 Å². The fourth-order valence-electron chi connectivity index (χ4n) is 5.08. The van der Waals surface area contributed by atoms with Gasteiger partial charge in [0.2, 0.25) is 5.91 Å². The average molecular weight is 519 g/mol. The van der Waals surface area contributed by atoms with Crippen LogP contribution < -0.4 is 5.32 Å². The van der Waals surface area contributed by atoms with Crippen LogP contribution in [0.2, 0.25) is 0 Å². The number of hydrogen-bond donors (Lipinski definition) is 1. The van der Waals surface area contributed by atoms with E-state index in [0.29, 0.717) is 0 Å². The summed E-state index contributed by atoms with van der Waals surface area (Å²) in [6, 6.07) is 18.0. The van der Waals surface area contributed by atoms with Gasteiger partial charge in [-0.05, 0) is 29.9 Å². The number of nitrogens with zero attached hydrogens (tertiary/aromatic N) is 1. The van der Waals surface area contributed by atoms with E-state index in [-0.39, 0.29) is 28.6 Å². The zero-order valence-corrected chi connectivity index (χ0v) is 22.9. The van der Waals surface area contributed by atoms with Crippen LogP contribution in [0.1, 0.15) is 37.7 Å². The highest BCUT2D eigenvalue weighted by Gasteiger charge is 2.36. The van der Waals surface area contributed by atoms with Crippen LogP contribution in [0.5, 0.6) is 0 Å². The predicted octanol–water partition coefficient (Wildman–Crippen LogP) is 5.19. The van der Waals surface area contributed by atoms with Gasteiger partial charge in [-0.1, -0.05) is 85.8 Å². The van der Waals surface area contributed by atoms with Gasteiger partial charge >= 0.3 is 5.97 Å². The number of ether oxygens (including phenoxy) is 1. The van der Waals surface area contributed by atoms with Gasteiger partial charge in [0.1, 0.15) is 6.04 Å². The van der Waals surface area contributed by atoms with Crippen molar-refractivity contribution in [3.63, 3.8) is 0 Å². The van der Waals surface area contributed by atoms with E-state index in [4.69, 9.17) is 4.74 Å². The number of esters is 1. The van der Waals surface area contributed by atoms with Gasteiger partial charge in [0.15, 0.2) is 5.12 Å². The van der Waals surface area contributed by atoms with E-state index in [1.54, 1.807) is 0 Å². The Morgan fingerprint density at radius 1 is 1.03 bits per heavy atom. The minimum atomic E-state index is -0.870. The number of amides is 1. The quantitative estimate of drug-likeness (QED) is 0.415. The Bertz CT molecular complexity index is 1310. The molecule has 2 aromatic carbocycles. The summed E-state index contributed by atoms with van der Waals surface area (Å²) >= 11 is 1.05. The van der Waals surface area contributed by atoms with Crippen LogP contribution in [-0.2, 0) is 38.5 Å². The number of nitrogens with one attached hydrogen (secondary N) is 1. The van der Waals surface area contributed by atoms with Crippen molar-refractivity contribution in [2.45, 2.75) is 53.1 Å². The molecule has 4 rings (SSSR count). The van der Waals surface area contributed by atoms with E-state index in [0.717, 1.165) is 47.1 Å². The smallest absolute Gasteiger partial charge is 0.329 e. The largest absolute Gasteiger partial charge is 0.467 e. The first-order valence-corrected chi connectivity index (χ1v) is 13.5. The lowest BCUT2D eigenvalue weighted by Crippen LogP contribution is -2.42. The Kier molecular flexibility index (Phi) is 7.93. The van der Waals surface area contributed by atoms with E-state index in [9.17, 15) is 14.4 Å². The number of aromatic nitrogens is 1. The summed E-state index contributed by atoms with van der Waals surface area (Å²) in [5.41, 5.74) is 8.02. The summed E-state index contributed by atoms with van der Waals surface area (Å²) in [7, 11) is 1.27. The number of hydrogen-bond acceptors (Lipinski definition) is 5. The highest BCUT2D eigenvalue weighted by molar-refractivity contribution is 8.13. The molecule has 1 N–H and O–H groups in total. The molecule has 37 heavy (non-hydrogen) atoms. The standard InChI is InChI=1S/C30H34N2O4S/c1-19-11-13-22(14-12-19)27-24(15-26(34)37-17-23(29(35)36-5)31-20(2)33)32-18-30(3,4)16-25(32)28(27)21-9-7-6-8-10-21/h6-14,23H,15-18H2,1-5H3,(H,31,33). The van der Waals surface area contributed by atoms with Crippen LogP contribution in [-0.4, -0.2) is 40.5 Å². The molecule has 0 saturated heterocycles. The van der Waals surface area contributed by atoms with Gasteiger partial charge in [-0.2, -0.15) is 0 Å². The van der Waals surface area contributed by atoms with Crippen molar-refractivity contribution in [2.24, 2.45) is 5.41 Å². The number of fused-ring (bicyclic) bond motifs is 1. The molecule has 0 bridgehead atoms. The molecule has 0 aliphatic carbocycles. The third kappa shape index (κ3) is 5.99. The van der Waals surface area contributed by atoms with Gasteiger partial charge in [0.25, 0.3) is 0 Å². The van der Waals surface area contributed by atoms with E-state index in [1.807, 2.05) is 18.2 Å². The Balaban J connectivity index is 1.75. The molecule has 1 aromatic heterocycles. The summed E-state index contributed by atoms with van der Waals surface area (Å²) in [6.45, 7) is 8.76. The van der Waals surface area contributed by atoms with E-state index < -0.39 is 12.0 Å². The topological polar surface area (TPSA) is 77.4 Å². The predicted molar refractivity (Wildman–Crippen MR) is 148 cm³/mol. The highest BCUT2D eigenvalue weighted by atomic mass is 32.2. The second kappa shape index (κ2) is 11.0. The third-order valence-corrected chi connectivity index (χ3v) is 7.67. The SMILES string of the molecule is COC(=O)C(CSC(=O)Cc1c(-c2ccc(C)cc2)c(-c2ccccc2)c2n1CC(C)(C)C2)NC(C)=O. The normalized spacial score (nSPS) is 14.6. The lowest BCUT2D eigenvalue weighted by molar-refractivity contribution is -0.144. The van der Waals surface area contributed by atoms with Crippen molar-refractivity contribution in [3.8, 4) is 22.3 Å². The van der Waals surface area contributed by atoms with Crippen LogP contribution in [0.4, 0.5) is 0 Å². The lowest BCUT2D eigenvalue weighted by atomic mass is 9.86. The second-order valence-electron chi connectivity index (χ2n) is 10.4. The summed E-state index contributed by atoms with van der Waals surface area (Å²) in [4.78, 5) is 37.0. The number of rotatable bonds is 8. The third-order valence-electron chi connectivity index (χ3n) is 6.70. The van der Waals surface area contributed by atoms with Gasteiger partial charge in [0.05, 0.1) is 13.5 Å². The number of benzene rings is 2. The van der Waals surface area contributed by atoms with Crippen LogP contribution in [0.25, 0.3) is 22.3 Å². The van der Waals surface area contributed by atoms with E-state index >= 15 is 0 Å². The van der Waals surface area contributed by atoms with Crippen LogP contribution in [0.3, 0.4) is 0 Å². The van der Waals surface area contributed by atoms with Crippen molar-refractivity contribution >= 4 is 28.8 Å². The second-order valence-corrected chi connectivity index (χ2v) is 11.5. The molecular weight excluding hydrogens is 484 g/mol. The zero-order valence-electron chi connectivity index (χ0n) is 22.1. The number of methoxy groups -OCH3 is 1. The van der Waals surface area contributed by atoms with Gasteiger partial charge < -0.3 is 14.6 Å². The molecule has 0 saturated carbocycles. The number of thioether (sulfide) groups is 1. The van der Waals surface area contributed by atoms with Gasteiger partial charge in [-0.25, -0.2) is 4.79 Å². The zero-order chi connectivity index (χ0) is 26.7. The summed E-state index contributed by atoms with van der Waals surface area (Å²) in [5.74, 6) is -0.785. The molecule has 1 atom stereocenters. The molecule has 1 aliphatic heterocycles. The van der Waals surface area contributed by atoms with Gasteiger partial charge in [-0.15, -0.1) is 0 Å². The maximum Gasteiger partial charge on any atom is 0.329 e. The van der Waals surface area contributed by atoms with E-state index in [1.165, 1.54) is 30.9 Å². The maximum absolute atomic E-state index is 13.3. The number of carbonyl (C=O) groups is 3. The summed E-state index contributed by atoms with van der Waals surface area (Å²) < 4.78 is 7.14. The number of aryl methyl sites for hydroxylation is 1. The molecule has 0 spiro atoms. The van der Waals surface area contributed by atoms with Crippen molar-refractivity contribution in [2.75, 3.05) is 12.9 Å². The molecule has 194 valence electrons. The van der Waals surface area contributed by atoms with Gasteiger partial charge in [0, 0.05) is 41.7 Å². The molecule has 6 nitrogen and oxygen atoms in total. The monoisotopic (exact) mass is 518 g/mol. The van der Waals surface area contributed by atoms with Crippen molar-refractivity contribution < 1.29 is 19.1 Å². The van der Waals surface area contributed by atoms with Crippen LogP contribution in [0, 0.1) is 12.3 Å². The van der Waals surface area contributed by atoms with Crippen molar-refractivity contribution in [1.29, 1.82) is 0 Å². The fraction of sp³-hybridized carbons (Fsp3) is 0.367. The Hall–Kier alpha value is -3.32. The van der Waals surface area contributed by atoms with Crippen LogP contribution >= 0.6 is 11.8 Å². The molecular formula is C30H34N2O4S. The fourth-order valence-corrected chi connectivity index (χ4v) is 5.90. The summed E-state index contributed by atoms with van der Waals surface area (Å²) in [5, 5.41) is 2.52. The lowest BCUT2D eigenvalue weighted by Gasteiger charge is -2.19. The van der Waals surface area contributed by atoms with Crippen LogP contribution in [0.15, 0.2) is 54.6 Å². The molecule has 3 aromatic rings. The molecule has 7 heteroatoms. The first-order chi connectivity index (χ1) is 17.6. The molecule has 1 aliphatic rings. The Morgan fingerprint density at radius 3 is 2.30 bits per heavy atom. The highest BCUT2D eigenvalue weighted by Crippen LogP contribution is 2.47. The first kappa shape index (κ1) is 26.7.